The van der Waals surface area contributed by atoms with Gasteiger partial charge in [-0.3, -0.25) is 9.89 Å². The molecule has 4 rings (SSSR count). The van der Waals surface area contributed by atoms with Crippen LogP contribution in [0.4, 0.5) is 4.39 Å². The van der Waals surface area contributed by atoms with Gasteiger partial charge >= 0.3 is 0 Å². The molecule has 6 heteroatoms. The number of aromatic amines is 1. The van der Waals surface area contributed by atoms with E-state index in [9.17, 15) is 9.18 Å². The first-order valence-electron chi connectivity index (χ1n) is 8.41. The normalized spacial score (nSPS) is 10.7. The molecule has 0 atom stereocenters. The molecule has 0 saturated carbocycles. The van der Waals surface area contributed by atoms with Gasteiger partial charge in [-0.25, -0.2) is 4.39 Å². The number of amides is 1. The van der Waals surface area contributed by atoms with E-state index >= 15 is 0 Å². The lowest BCUT2D eigenvalue weighted by Crippen LogP contribution is -2.23. The zero-order valence-electron chi connectivity index (χ0n) is 14.3. The van der Waals surface area contributed by atoms with Crippen LogP contribution in [0, 0.1) is 5.82 Å². The molecular formula is C21H16FN3OS. The number of halogens is 1. The molecule has 0 aliphatic carbocycles. The summed E-state index contributed by atoms with van der Waals surface area (Å²) in [6.45, 7) is 0.412. The fourth-order valence-electron chi connectivity index (χ4n) is 2.85. The summed E-state index contributed by atoms with van der Waals surface area (Å²) in [4.78, 5) is 12.5. The van der Waals surface area contributed by atoms with Gasteiger partial charge in [0.1, 0.15) is 11.5 Å². The molecule has 0 saturated heterocycles. The van der Waals surface area contributed by atoms with Gasteiger partial charge in [0.25, 0.3) is 5.91 Å². The number of nitrogens with zero attached hydrogens (tertiary/aromatic N) is 1. The van der Waals surface area contributed by atoms with Crippen molar-refractivity contribution in [2.24, 2.45) is 0 Å². The number of hydrogen-bond donors (Lipinski definition) is 2. The van der Waals surface area contributed by atoms with E-state index in [1.807, 2.05) is 29.6 Å². The van der Waals surface area contributed by atoms with E-state index in [4.69, 9.17) is 0 Å². The number of carbonyl (C=O) groups is 1. The average molecular weight is 377 g/mol. The van der Waals surface area contributed by atoms with Gasteiger partial charge < -0.3 is 5.32 Å². The van der Waals surface area contributed by atoms with Gasteiger partial charge in [-0.15, -0.1) is 0 Å². The van der Waals surface area contributed by atoms with Crippen LogP contribution in [0.25, 0.3) is 22.4 Å². The van der Waals surface area contributed by atoms with E-state index in [1.54, 1.807) is 29.5 Å². The van der Waals surface area contributed by atoms with Gasteiger partial charge in [0, 0.05) is 12.1 Å². The highest BCUT2D eigenvalue weighted by atomic mass is 32.1. The summed E-state index contributed by atoms with van der Waals surface area (Å²) in [6.07, 6.45) is 0. The van der Waals surface area contributed by atoms with Crippen LogP contribution < -0.4 is 5.32 Å². The predicted octanol–water partition coefficient (Wildman–Crippen LogP) is 4.87. The minimum Gasteiger partial charge on any atom is -0.347 e. The van der Waals surface area contributed by atoms with Gasteiger partial charge in [-0.05, 0) is 63.8 Å². The number of benzene rings is 2. The number of H-pyrrole nitrogens is 1. The first kappa shape index (κ1) is 17.2. The molecule has 0 spiro atoms. The molecule has 2 N–H and O–H groups in total. The smallest absolute Gasteiger partial charge is 0.269 e. The second kappa shape index (κ2) is 7.55. The van der Waals surface area contributed by atoms with Crippen LogP contribution in [0.1, 0.15) is 16.1 Å². The van der Waals surface area contributed by atoms with Gasteiger partial charge in [0.15, 0.2) is 0 Å². The highest BCUT2D eigenvalue weighted by molar-refractivity contribution is 7.08. The number of rotatable bonds is 5. The maximum atomic E-state index is 13.0. The summed E-state index contributed by atoms with van der Waals surface area (Å²) >= 11 is 1.64. The maximum Gasteiger partial charge on any atom is 0.269 e. The zero-order chi connectivity index (χ0) is 18.6. The van der Waals surface area contributed by atoms with Crippen LogP contribution >= 0.6 is 11.3 Å². The molecule has 134 valence electrons. The lowest BCUT2D eigenvalue weighted by molar-refractivity contribution is 0.0946. The quantitative estimate of drug-likeness (QED) is 0.521. The SMILES string of the molecule is O=C(NCc1ccccc1-c1ccsc1)c1cc(-c2ccc(F)cc2)n[nH]1. The third-order valence-electron chi connectivity index (χ3n) is 4.25. The topological polar surface area (TPSA) is 57.8 Å². The van der Waals surface area contributed by atoms with Crippen molar-refractivity contribution in [1.29, 1.82) is 0 Å². The third kappa shape index (κ3) is 3.80. The van der Waals surface area contributed by atoms with Crippen molar-refractivity contribution < 1.29 is 9.18 Å². The Morgan fingerprint density at radius 1 is 1.07 bits per heavy atom. The van der Waals surface area contributed by atoms with Gasteiger partial charge in [0.05, 0.1) is 5.69 Å². The van der Waals surface area contributed by atoms with Gasteiger partial charge in [-0.1, -0.05) is 24.3 Å². The predicted molar refractivity (Wildman–Crippen MR) is 105 cm³/mol. The van der Waals surface area contributed by atoms with Crippen molar-refractivity contribution in [1.82, 2.24) is 15.5 Å². The monoisotopic (exact) mass is 377 g/mol. The maximum absolute atomic E-state index is 13.0. The van der Waals surface area contributed by atoms with Gasteiger partial charge in [0.2, 0.25) is 0 Å². The van der Waals surface area contributed by atoms with Crippen molar-refractivity contribution in [2.45, 2.75) is 6.54 Å². The highest BCUT2D eigenvalue weighted by Crippen LogP contribution is 2.26. The molecule has 4 nitrogen and oxygen atoms in total. The molecule has 0 aliphatic rings. The van der Waals surface area contributed by atoms with Crippen molar-refractivity contribution in [2.75, 3.05) is 0 Å². The molecule has 0 fully saturated rings. The Morgan fingerprint density at radius 3 is 2.67 bits per heavy atom. The van der Waals surface area contributed by atoms with E-state index < -0.39 is 0 Å². The number of hydrogen-bond acceptors (Lipinski definition) is 3. The van der Waals surface area contributed by atoms with Crippen molar-refractivity contribution in [3.8, 4) is 22.4 Å². The number of carbonyl (C=O) groups excluding carboxylic acids is 1. The molecule has 4 aromatic rings. The first-order valence-corrected chi connectivity index (χ1v) is 9.35. The molecule has 0 bridgehead atoms. The lowest BCUT2D eigenvalue weighted by atomic mass is 10.0. The second-order valence-corrected chi connectivity index (χ2v) is 6.81. The molecular weight excluding hydrogens is 361 g/mol. The Kier molecular flexibility index (Phi) is 4.80. The van der Waals surface area contributed by atoms with Crippen LogP contribution in [-0.2, 0) is 6.54 Å². The van der Waals surface area contributed by atoms with Crippen molar-refractivity contribution in [3.63, 3.8) is 0 Å². The molecule has 2 heterocycles. The Balaban J connectivity index is 1.47. The lowest BCUT2D eigenvalue weighted by Gasteiger charge is -2.09. The molecule has 27 heavy (non-hydrogen) atoms. The fraction of sp³-hybridized carbons (Fsp3) is 0.0476. The van der Waals surface area contributed by atoms with Crippen molar-refractivity contribution in [3.05, 3.63) is 88.5 Å². The van der Waals surface area contributed by atoms with Crippen LogP contribution in [-0.4, -0.2) is 16.1 Å². The Bertz CT molecular complexity index is 1060. The molecule has 0 aliphatic heterocycles. The summed E-state index contributed by atoms with van der Waals surface area (Å²) in [6, 6.07) is 17.7. The standard InChI is InChI=1S/C21H16FN3OS/c22-17-7-5-14(6-8-17)19-11-20(25-24-19)21(26)23-12-15-3-1-2-4-18(15)16-9-10-27-13-16/h1-11,13H,12H2,(H,23,26)(H,24,25). The molecule has 2 aromatic carbocycles. The third-order valence-corrected chi connectivity index (χ3v) is 4.93. The number of nitrogens with one attached hydrogen (secondary N) is 2. The first-order chi connectivity index (χ1) is 13.2. The second-order valence-electron chi connectivity index (χ2n) is 6.03. The highest BCUT2D eigenvalue weighted by Gasteiger charge is 2.12. The minimum absolute atomic E-state index is 0.240. The summed E-state index contributed by atoms with van der Waals surface area (Å²) in [7, 11) is 0. The largest absolute Gasteiger partial charge is 0.347 e. The average Bonchev–Trinajstić information content (AvgIpc) is 3.39. The van der Waals surface area contributed by atoms with Crippen LogP contribution in [0.3, 0.4) is 0 Å². The Morgan fingerprint density at radius 2 is 1.89 bits per heavy atom. The van der Waals surface area contributed by atoms with Crippen molar-refractivity contribution >= 4 is 17.2 Å². The van der Waals surface area contributed by atoms with E-state index in [0.717, 1.165) is 22.3 Å². The summed E-state index contributed by atoms with van der Waals surface area (Å²) in [5, 5.41) is 13.9. The molecule has 0 radical (unpaired) electrons. The Labute approximate surface area is 159 Å². The number of thiophene rings is 1. The van der Waals surface area contributed by atoms with Crippen LogP contribution in [0.5, 0.6) is 0 Å². The van der Waals surface area contributed by atoms with E-state index in [-0.39, 0.29) is 11.7 Å². The van der Waals surface area contributed by atoms with Crippen LogP contribution in [0.2, 0.25) is 0 Å². The van der Waals surface area contributed by atoms with E-state index in [2.05, 4.69) is 27.0 Å². The molecule has 1 amide bonds. The van der Waals surface area contributed by atoms with Gasteiger partial charge in [-0.2, -0.15) is 16.4 Å². The summed E-state index contributed by atoms with van der Waals surface area (Å²) in [5.41, 5.74) is 5.00. The van der Waals surface area contributed by atoms with E-state index in [0.29, 0.717) is 17.9 Å². The molecule has 0 unspecified atom stereocenters. The minimum atomic E-state index is -0.309. The number of aromatic nitrogens is 2. The molecule has 2 aromatic heterocycles. The van der Waals surface area contributed by atoms with E-state index in [1.165, 1.54) is 12.1 Å². The summed E-state index contributed by atoms with van der Waals surface area (Å²) < 4.78 is 13.0. The zero-order valence-corrected chi connectivity index (χ0v) is 15.1. The van der Waals surface area contributed by atoms with Crippen LogP contribution in [0.15, 0.2) is 71.4 Å². The fourth-order valence-corrected chi connectivity index (χ4v) is 3.51. The summed E-state index contributed by atoms with van der Waals surface area (Å²) in [5.74, 6) is -0.549. The Hall–Kier alpha value is -3.25.